The summed E-state index contributed by atoms with van der Waals surface area (Å²) in [7, 11) is 2.15. The topological polar surface area (TPSA) is 3.88 Å². The van der Waals surface area contributed by atoms with E-state index >= 15 is 0 Å². The molecule has 0 saturated heterocycles. The van der Waals surface area contributed by atoms with Crippen LogP contribution >= 0.6 is 0 Å². The van der Waals surface area contributed by atoms with Gasteiger partial charge in [0.05, 0.1) is 0 Å². The third kappa shape index (κ3) is 1.29. The third-order valence-electron chi connectivity index (χ3n) is 2.87. The van der Waals surface area contributed by atoms with E-state index in [4.69, 9.17) is 0 Å². The molecular weight excluding hydrogens is 170 g/mol. The van der Waals surface area contributed by atoms with Crippen LogP contribution in [0.4, 0.5) is 0 Å². The molecule has 1 nitrogen and oxygen atoms in total. The monoisotopic (exact) mass is 186 g/mol. The summed E-state index contributed by atoms with van der Waals surface area (Å²) >= 11 is 0. The van der Waals surface area contributed by atoms with Crippen molar-refractivity contribution in [3.05, 3.63) is 41.6 Å². The van der Waals surface area contributed by atoms with Crippen LogP contribution in [0.2, 0.25) is 0 Å². The summed E-state index contributed by atoms with van der Waals surface area (Å²) in [6.45, 7) is 4.39. The highest BCUT2D eigenvalue weighted by Crippen LogP contribution is 2.14. The molecular formula is C13H16N+. The standard InChI is InChI=1S/C13H16N/c1-4-12-10(2)9-11-7-5-6-8-13(11)14(12)3/h5-9H,4H2,1-3H3/q+1. The largest absolute Gasteiger partial charge is 0.212 e. The second kappa shape index (κ2) is 3.41. The lowest BCUT2D eigenvalue weighted by atomic mass is 10.1. The van der Waals surface area contributed by atoms with Gasteiger partial charge in [-0.1, -0.05) is 19.1 Å². The summed E-state index contributed by atoms with van der Waals surface area (Å²) in [5.74, 6) is 0. The summed E-state index contributed by atoms with van der Waals surface area (Å²) in [6.07, 6.45) is 1.09. The number of aromatic nitrogens is 1. The van der Waals surface area contributed by atoms with Crippen LogP contribution in [0.5, 0.6) is 0 Å². The van der Waals surface area contributed by atoms with Gasteiger partial charge in [-0.25, -0.2) is 0 Å². The highest BCUT2D eigenvalue weighted by atomic mass is 14.9. The lowest BCUT2D eigenvalue weighted by molar-refractivity contribution is -0.653. The molecule has 2 rings (SSSR count). The Balaban J connectivity index is 2.86. The van der Waals surface area contributed by atoms with E-state index < -0.39 is 0 Å². The summed E-state index contributed by atoms with van der Waals surface area (Å²) in [4.78, 5) is 0. The molecule has 2 aromatic rings. The molecule has 0 unspecified atom stereocenters. The van der Waals surface area contributed by atoms with E-state index in [9.17, 15) is 0 Å². The van der Waals surface area contributed by atoms with Gasteiger partial charge in [-0.2, -0.15) is 4.57 Å². The molecule has 0 spiro atoms. The normalized spacial score (nSPS) is 10.8. The Hall–Kier alpha value is -1.37. The van der Waals surface area contributed by atoms with Gasteiger partial charge in [-0.05, 0) is 19.1 Å². The van der Waals surface area contributed by atoms with Crippen molar-refractivity contribution in [1.82, 2.24) is 0 Å². The molecule has 0 aliphatic carbocycles. The summed E-state index contributed by atoms with van der Waals surface area (Å²) in [6, 6.07) is 10.8. The lowest BCUT2D eigenvalue weighted by Crippen LogP contribution is -2.35. The quantitative estimate of drug-likeness (QED) is 0.603. The molecule has 1 heteroatoms. The number of aryl methyl sites for hydroxylation is 2. The molecule has 1 aromatic carbocycles. The predicted molar refractivity (Wildman–Crippen MR) is 59.2 cm³/mol. The molecule has 14 heavy (non-hydrogen) atoms. The highest BCUT2D eigenvalue weighted by Gasteiger charge is 2.12. The van der Waals surface area contributed by atoms with Crippen molar-refractivity contribution in [1.29, 1.82) is 0 Å². The smallest absolute Gasteiger partial charge is 0.198 e. The zero-order valence-electron chi connectivity index (χ0n) is 9.04. The number of benzene rings is 1. The van der Waals surface area contributed by atoms with Gasteiger partial charge in [-0.3, -0.25) is 0 Å². The number of hydrogen-bond donors (Lipinski definition) is 0. The Morgan fingerprint density at radius 3 is 2.64 bits per heavy atom. The van der Waals surface area contributed by atoms with Crippen LogP contribution in [0.1, 0.15) is 18.2 Å². The van der Waals surface area contributed by atoms with Crippen LogP contribution in [0, 0.1) is 6.92 Å². The first-order chi connectivity index (χ1) is 6.74. The molecule has 0 bridgehead atoms. The first kappa shape index (κ1) is 9.20. The Kier molecular flexibility index (Phi) is 2.24. The van der Waals surface area contributed by atoms with Gasteiger partial charge in [0, 0.05) is 23.4 Å². The van der Waals surface area contributed by atoms with Crippen molar-refractivity contribution in [2.75, 3.05) is 0 Å². The highest BCUT2D eigenvalue weighted by molar-refractivity contribution is 5.76. The zero-order valence-corrected chi connectivity index (χ0v) is 9.04. The molecule has 0 amide bonds. The predicted octanol–water partition coefficient (Wildman–Crippen LogP) is 2.54. The minimum absolute atomic E-state index is 1.09. The average molecular weight is 186 g/mol. The van der Waals surface area contributed by atoms with E-state index in [0.29, 0.717) is 0 Å². The number of nitrogens with zero attached hydrogens (tertiary/aromatic N) is 1. The molecule has 1 aromatic heterocycles. The van der Waals surface area contributed by atoms with Crippen molar-refractivity contribution in [3.63, 3.8) is 0 Å². The number of pyridine rings is 1. The molecule has 1 heterocycles. The van der Waals surface area contributed by atoms with Crippen molar-refractivity contribution in [3.8, 4) is 0 Å². The van der Waals surface area contributed by atoms with Gasteiger partial charge in [0.2, 0.25) is 5.52 Å². The van der Waals surface area contributed by atoms with Crippen LogP contribution in [0.3, 0.4) is 0 Å². The average Bonchev–Trinajstić information content (AvgIpc) is 2.18. The van der Waals surface area contributed by atoms with Gasteiger partial charge in [0.15, 0.2) is 5.69 Å². The molecule has 0 atom stereocenters. The number of para-hydroxylation sites is 1. The van der Waals surface area contributed by atoms with Gasteiger partial charge in [0.1, 0.15) is 7.05 Å². The Labute approximate surface area is 85.0 Å². The van der Waals surface area contributed by atoms with Crippen LogP contribution in [0.25, 0.3) is 10.9 Å². The maximum atomic E-state index is 2.30. The van der Waals surface area contributed by atoms with E-state index in [2.05, 4.69) is 55.8 Å². The lowest BCUT2D eigenvalue weighted by Gasteiger charge is -2.04. The van der Waals surface area contributed by atoms with Crippen LogP contribution in [-0.2, 0) is 13.5 Å². The van der Waals surface area contributed by atoms with E-state index in [1.807, 2.05) is 0 Å². The van der Waals surface area contributed by atoms with Crippen LogP contribution < -0.4 is 4.57 Å². The fourth-order valence-corrected chi connectivity index (χ4v) is 2.16. The van der Waals surface area contributed by atoms with E-state index in [-0.39, 0.29) is 0 Å². The van der Waals surface area contributed by atoms with Crippen molar-refractivity contribution in [2.24, 2.45) is 7.05 Å². The first-order valence-corrected chi connectivity index (χ1v) is 5.11. The fraction of sp³-hybridized carbons (Fsp3) is 0.308. The van der Waals surface area contributed by atoms with Gasteiger partial charge in [-0.15, -0.1) is 0 Å². The molecule has 0 aliphatic heterocycles. The van der Waals surface area contributed by atoms with E-state index in [1.54, 1.807) is 0 Å². The number of fused-ring (bicyclic) bond motifs is 1. The van der Waals surface area contributed by atoms with Gasteiger partial charge < -0.3 is 0 Å². The van der Waals surface area contributed by atoms with Gasteiger partial charge >= 0.3 is 0 Å². The Bertz CT molecular complexity index is 472. The maximum Gasteiger partial charge on any atom is 0.212 e. The Morgan fingerprint density at radius 2 is 1.93 bits per heavy atom. The molecule has 0 aliphatic rings. The molecule has 0 N–H and O–H groups in total. The second-order valence-electron chi connectivity index (χ2n) is 3.75. The minimum atomic E-state index is 1.09. The van der Waals surface area contributed by atoms with Crippen molar-refractivity contribution < 1.29 is 4.57 Å². The molecule has 0 saturated carbocycles. The van der Waals surface area contributed by atoms with E-state index in [0.717, 1.165) is 6.42 Å². The third-order valence-corrected chi connectivity index (χ3v) is 2.87. The van der Waals surface area contributed by atoms with Crippen LogP contribution in [0.15, 0.2) is 30.3 Å². The minimum Gasteiger partial charge on any atom is -0.198 e. The van der Waals surface area contributed by atoms with Crippen LogP contribution in [-0.4, -0.2) is 0 Å². The molecule has 0 fully saturated rings. The SMILES string of the molecule is CCc1c(C)cc2ccccc2[n+]1C. The van der Waals surface area contributed by atoms with Gasteiger partial charge in [0.25, 0.3) is 0 Å². The number of hydrogen-bond acceptors (Lipinski definition) is 0. The molecule has 72 valence electrons. The first-order valence-electron chi connectivity index (χ1n) is 5.11. The summed E-state index contributed by atoms with van der Waals surface area (Å²) < 4.78 is 2.30. The van der Waals surface area contributed by atoms with Crippen molar-refractivity contribution in [2.45, 2.75) is 20.3 Å². The summed E-state index contributed by atoms with van der Waals surface area (Å²) in [5.41, 5.74) is 4.12. The molecule has 0 radical (unpaired) electrons. The fourth-order valence-electron chi connectivity index (χ4n) is 2.16. The van der Waals surface area contributed by atoms with Crippen molar-refractivity contribution >= 4 is 10.9 Å². The van der Waals surface area contributed by atoms with E-state index in [1.165, 1.54) is 22.2 Å². The maximum absolute atomic E-state index is 2.30. The number of rotatable bonds is 1. The second-order valence-corrected chi connectivity index (χ2v) is 3.75. The zero-order chi connectivity index (χ0) is 10.1. The Morgan fingerprint density at radius 1 is 1.21 bits per heavy atom. The summed E-state index contributed by atoms with van der Waals surface area (Å²) in [5, 5.41) is 1.32.